The smallest absolute Gasteiger partial charge is 0.411 e. The fourth-order valence-corrected chi connectivity index (χ4v) is 4.06. The summed E-state index contributed by atoms with van der Waals surface area (Å²) in [7, 11) is 0. The van der Waals surface area contributed by atoms with Gasteiger partial charge in [0, 0.05) is 20.8 Å². The average molecular weight is 426 g/mol. The molecule has 1 aromatic heterocycles. The number of carbonyl (C=O) groups is 2. The molecular formula is C18H20BrNO4S. The van der Waals surface area contributed by atoms with Gasteiger partial charge >= 0.3 is 12.1 Å². The number of aliphatic carboxylic acids is 1. The largest absolute Gasteiger partial charge is 0.479 e. The Morgan fingerprint density at radius 1 is 1.32 bits per heavy atom. The van der Waals surface area contributed by atoms with Crippen LogP contribution < -0.4 is 0 Å². The van der Waals surface area contributed by atoms with Crippen LogP contribution in [-0.2, 0) is 16.1 Å². The molecule has 0 bridgehead atoms. The Morgan fingerprint density at radius 2 is 2.00 bits per heavy atom. The predicted molar refractivity (Wildman–Crippen MR) is 101 cm³/mol. The zero-order valence-electron chi connectivity index (χ0n) is 14.1. The maximum atomic E-state index is 12.6. The number of carboxylic acids is 1. The van der Waals surface area contributed by atoms with E-state index in [2.05, 4.69) is 15.9 Å². The maximum Gasteiger partial charge on any atom is 0.411 e. The van der Waals surface area contributed by atoms with Crippen LogP contribution in [0, 0.1) is 6.92 Å². The van der Waals surface area contributed by atoms with Gasteiger partial charge in [-0.25, -0.2) is 9.59 Å². The summed E-state index contributed by atoms with van der Waals surface area (Å²) >= 11 is 4.76. The van der Waals surface area contributed by atoms with Crippen molar-refractivity contribution in [2.45, 2.75) is 32.9 Å². The summed E-state index contributed by atoms with van der Waals surface area (Å²) < 4.78 is 6.19. The highest BCUT2D eigenvalue weighted by Gasteiger charge is 2.33. The van der Waals surface area contributed by atoms with Gasteiger partial charge in [0.05, 0.1) is 0 Å². The maximum absolute atomic E-state index is 12.6. The number of halogens is 1. The fraction of sp³-hybridized carbons (Fsp3) is 0.333. The van der Waals surface area contributed by atoms with Crippen LogP contribution in [0.25, 0.3) is 0 Å². The molecule has 0 aliphatic rings. The molecule has 0 fully saturated rings. The number of benzene rings is 1. The molecule has 1 aromatic carbocycles. The van der Waals surface area contributed by atoms with E-state index in [1.807, 2.05) is 44.2 Å². The minimum Gasteiger partial charge on any atom is -0.479 e. The summed E-state index contributed by atoms with van der Waals surface area (Å²) in [5, 5.41) is 9.70. The number of carboxylic acid groups (broad SMARTS) is 1. The van der Waals surface area contributed by atoms with Crippen molar-refractivity contribution in [2.24, 2.45) is 0 Å². The lowest BCUT2D eigenvalue weighted by molar-refractivity contribution is -0.143. The van der Waals surface area contributed by atoms with Crippen molar-refractivity contribution in [3.63, 3.8) is 0 Å². The molecule has 2 aromatic rings. The highest BCUT2D eigenvalue weighted by atomic mass is 79.9. The molecule has 7 heteroatoms. The Morgan fingerprint density at radius 3 is 2.52 bits per heavy atom. The van der Waals surface area contributed by atoms with E-state index >= 15 is 0 Å². The van der Waals surface area contributed by atoms with E-state index in [0.29, 0.717) is 17.8 Å². The molecule has 0 spiro atoms. The van der Waals surface area contributed by atoms with Crippen molar-refractivity contribution in [3.8, 4) is 0 Å². The van der Waals surface area contributed by atoms with Crippen LogP contribution in [0.3, 0.4) is 0 Å². The number of ether oxygens (including phenoxy) is 1. The van der Waals surface area contributed by atoms with E-state index in [4.69, 9.17) is 4.74 Å². The first-order valence-corrected chi connectivity index (χ1v) is 9.51. The zero-order chi connectivity index (χ0) is 18.4. The van der Waals surface area contributed by atoms with Gasteiger partial charge in [0.1, 0.15) is 6.61 Å². The SMILES string of the molecule is CCCN(C(=O)OCc1ccccc1)C(C(=O)O)c1cc(Br)c(C)s1. The third-order valence-electron chi connectivity index (χ3n) is 3.60. The Kier molecular flexibility index (Phi) is 7.01. The van der Waals surface area contributed by atoms with E-state index < -0.39 is 18.1 Å². The molecule has 0 aliphatic heterocycles. The highest BCUT2D eigenvalue weighted by Crippen LogP contribution is 2.34. The molecule has 0 saturated heterocycles. The molecule has 5 nitrogen and oxygen atoms in total. The van der Waals surface area contributed by atoms with Gasteiger partial charge in [0.15, 0.2) is 6.04 Å². The average Bonchev–Trinajstić information content (AvgIpc) is 2.91. The molecule has 1 amide bonds. The van der Waals surface area contributed by atoms with Crippen LogP contribution in [0.5, 0.6) is 0 Å². The zero-order valence-corrected chi connectivity index (χ0v) is 16.5. The number of hydrogen-bond donors (Lipinski definition) is 1. The first kappa shape index (κ1) is 19.5. The van der Waals surface area contributed by atoms with E-state index in [9.17, 15) is 14.7 Å². The number of thiophene rings is 1. The molecule has 1 unspecified atom stereocenters. The van der Waals surface area contributed by atoms with E-state index in [1.54, 1.807) is 6.07 Å². The quantitative estimate of drug-likeness (QED) is 0.677. The van der Waals surface area contributed by atoms with Crippen molar-refractivity contribution in [3.05, 3.63) is 56.2 Å². The van der Waals surface area contributed by atoms with Crippen molar-refractivity contribution in [2.75, 3.05) is 6.54 Å². The summed E-state index contributed by atoms with van der Waals surface area (Å²) in [5.74, 6) is -1.07. The molecule has 0 radical (unpaired) electrons. The minimum atomic E-state index is -1.07. The third-order valence-corrected chi connectivity index (χ3v) is 5.78. The molecule has 134 valence electrons. The van der Waals surface area contributed by atoms with Crippen molar-refractivity contribution in [1.82, 2.24) is 4.90 Å². The first-order valence-electron chi connectivity index (χ1n) is 7.90. The summed E-state index contributed by atoms with van der Waals surface area (Å²) in [6.45, 7) is 4.21. The summed E-state index contributed by atoms with van der Waals surface area (Å²) in [4.78, 5) is 27.3. The Labute approximate surface area is 159 Å². The van der Waals surface area contributed by atoms with Gasteiger partial charge in [-0.05, 0) is 40.9 Å². The number of hydrogen-bond acceptors (Lipinski definition) is 4. The molecule has 1 heterocycles. The standard InChI is InChI=1S/C18H20BrNO4S/c1-3-9-20(18(23)24-11-13-7-5-4-6-8-13)16(17(21)22)15-10-14(19)12(2)25-15/h4-8,10,16H,3,9,11H2,1-2H3,(H,21,22). The van der Waals surface area contributed by atoms with Crippen LogP contribution in [0.15, 0.2) is 40.9 Å². The van der Waals surface area contributed by atoms with Crippen LogP contribution in [-0.4, -0.2) is 28.6 Å². The van der Waals surface area contributed by atoms with Gasteiger partial charge in [-0.2, -0.15) is 0 Å². The molecule has 1 N–H and O–H groups in total. The number of aryl methyl sites for hydroxylation is 1. The van der Waals surface area contributed by atoms with E-state index in [-0.39, 0.29) is 6.61 Å². The fourth-order valence-electron chi connectivity index (χ4n) is 2.39. The van der Waals surface area contributed by atoms with Gasteiger partial charge in [-0.1, -0.05) is 37.3 Å². The molecule has 2 rings (SSSR count). The second kappa shape index (κ2) is 9.01. The molecule has 0 aliphatic carbocycles. The molecule has 0 saturated carbocycles. The number of carbonyl (C=O) groups excluding carboxylic acids is 1. The minimum absolute atomic E-state index is 0.111. The molecule has 25 heavy (non-hydrogen) atoms. The summed E-state index contributed by atoms with van der Waals surface area (Å²) in [6, 6.07) is 10.0. The van der Waals surface area contributed by atoms with Gasteiger partial charge in [0.2, 0.25) is 0 Å². The second-order valence-electron chi connectivity index (χ2n) is 5.53. The topological polar surface area (TPSA) is 66.8 Å². The van der Waals surface area contributed by atoms with Crippen molar-refractivity contribution < 1.29 is 19.4 Å². The van der Waals surface area contributed by atoms with Crippen LogP contribution in [0.2, 0.25) is 0 Å². The normalized spacial score (nSPS) is 11.8. The lowest BCUT2D eigenvalue weighted by Gasteiger charge is -2.27. The van der Waals surface area contributed by atoms with E-state index in [0.717, 1.165) is 14.9 Å². The third kappa shape index (κ3) is 5.06. The Bertz CT molecular complexity index is 712. The molecule has 1 atom stereocenters. The highest BCUT2D eigenvalue weighted by molar-refractivity contribution is 9.10. The first-order chi connectivity index (χ1) is 11.9. The van der Waals surface area contributed by atoms with Crippen molar-refractivity contribution in [1.29, 1.82) is 0 Å². The monoisotopic (exact) mass is 425 g/mol. The Hall–Kier alpha value is -1.86. The summed E-state index contributed by atoms with van der Waals surface area (Å²) in [6.07, 6.45) is 0.00992. The van der Waals surface area contributed by atoms with Gasteiger partial charge in [-0.15, -0.1) is 11.3 Å². The number of rotatable bonds is 7. The van der Waals surface area contributed by atoms with Crippen LogP contribution in [0.4, 0.5) is 4.79 Å². The van der Waals surface area contributed by atoms with Crippen molar-refractivity contribution >= 4 is 39.3 Å². The molecular weight excluding hydrogens is 406 g/mol. The summed E-state index contributed by atoms with van der Waals surface area (Å²) in [5.41, 5.74) is 0.855. The second-order valence-corrected chi connectivity index (χ2v) is 7.67. The van der Waals surface area contributed by atoms with Gasteiger partial charge < -0.3 is 9.84 Å². The van der Waals surface area contributed by atoms with E-state index in [1.165, 1.54) is 16.2 Å². The lowest BCUT2D eigenvalue weighted by atomic mass is 10.2. The number of nitrogens with zero attached hydrogens (tertiary/aromatic N) is 1. The van der Waals surface area contributed by atoms with Gasteiger partial charge in [-0.3, -0.25) is 4.90 Å². The number of amides is 1. The predicted octanol–water partition coefficient (Wildman–Crippen LogP) is 4.99. The van der Waals surface area contributed by atoms with Gasteiger partial charge in [0.25, 0.3) is 0 Å². The lowest BCUT2D eigenvalue weighted by Crippen LogP contribution is -2.39. The Balaban J connectivity index is 2.20. The van der Waals surface area contributed by atoms with Crippen LogP contribution >= 0.6 is 27.3 Å². The van der Waals surface area contributed by atoms with Crippen LogP contribution in [0.1, 0.15) is 34.7 Å².